The van der Waals surface area contributed by atoms with Crippen molar-refractivity contribution in [2.75, 3.05) is 31.8 Å². The van der Waals surface area contributed by atoms with Gasteiger partial charge < -0.3 is 15.1 Å². The first-order chi connectivity index (χ1) is 14.9. The summed E-state index contributed by atoms with van der Waals surface area (Å²) in [4.78, 5) is 24.2. The van der Waals surface area contributed by atoms with Crippen LogP contribution in [0.15, 0.2) is 65.2 Å². The number of amides is 1. The molecule has 0 unspecified atom stereocenters. The molecule has 2 aromatic heterocycles. The van der Waals surface area contributed by atoms with E-state index in [2.05, 4.69) is 20.2 Å². The molecular formula is C22H21N7O2. The number of benzene rings is 2. The van der Waals surface area contributed by atoms with Crippen molar-refractivity contribution in [3.05, 3.63) is 66.4 Å². The van der Waals surface area contributed by atoms with Crippen LogP contribution in [-0.4, -0.2) is 52.1 Å². The van der Waals surface area contributed by atoms with Crippen molar-refractivity contribution in [2.45, 2.75) is 0 Å². The Morgan fingerprint density at radius 3 is 2.35 bits per heavy atom. The summed E-state index contributed by atoms with van der Waals surface area (Å²) in [5, 5.41) is 8.20. The highest BCUT2D eigenvalue weighted by molar-refractivity contribution is 5.94. The number of carbonyl (C=O) groups is 1. The van der Waals surface area contributed by atoms with E-state index in [4.69, 9.17) is 10.2 Å². The monoisotopic (exact) mass is 415 g/mol. The lowest BCUT2D eigenvalue weighted by Gasteiger charge is -2.13. The third kappa shape index (κ3) is 4.06. The fourth-order valence-electron chi connectivity index (χ4n) is 2.95. The maximum atomic E-state index is 12.1. The maximum absolute atomic E-state index is 12.1. The van der Waals surface area contributed by atoms with Crippen molar-refractivity contribution in [1.82, 2.24) is 25.1 Å². The molecule has 0 atom stereocenters. The van der Waals surface area contributed by atoms with Crippen LogP contribution in [0.25, 0.3) is 22.8 Å². The second-order valence-electron chi connectivity index (χ2n) is 7.05. The minimum Gasteiger partial charge on any atom is -0.401 e. The van der Waals surface area contributed by atoms with Crippen LogP contribution in [0.1, 0.15) is 10.4 Å². The third-order valence-corrected chi connectivity index (χ3v) is 4.68. The van der Waals surface area contributed by atoms with E-state index in [0.29, 0.717) is 23.0 Å². The van der Waals surface area contributed by atoms with Gasteiger partial charge in [0.25, 0.3) is 11.8 Å². The highest BCUT2D eigenvalue weighted by atomic mass is 16.4. The van der Waals surface area contributed by atoms with Gasteiger partial charge in [-0.15, -0.1) is 5.10 Å². The molecule has 4 aromatic rings. The van der Waals surface area contributed by atoms with Gasteiger partial charge in [0, 0.05) is 38.0 Å². The zero-order valence-electron chi connectivity index (χ0n) is 17.4. The van der Waals surface area contributed by atoms with Crippen molar-refractivity contribution >= 4 is 23.4 Å². The quantitative estimate of drug-likeness (QED) is 0.528. The second-order valence-corrected chi connectivity index (χ2v) is 7.05. The molecule has 0 bridgehead atoms. The van der Waals surface area contributed by atoms with Gasteiger partial charge in [0.1, 0.15) is 0 Å². The van der Waals surface area contributed by atoms with Crippen LogP contribution >= 0.6 is 0 Å². The number of anilines is 3. The van der Waals surface area contributed by atoms with Crippen molar-refractivity contribution < 1.29 is 9.21 Å². The number of hydrogen-bond acceptors (Lipinski definition) is 8. The summed E-state index contributed by atoms with van der Waals surface area (Å²) in [5.74, 6) is 0.279. The number of aromatic nitrogens is 4. The van der Waals surface area contributed by atoms with Crippen molar-refractivity contribution in [1.29, 1.82) is 0 Å². The van der Waals surface area contributed by atoms with Gasteiger partial charge in [0.05, 0.1) is 11.9 Å². The lowest BCUT2D eigenvalue weighted by Crippen LogP contribution is -2.21. The summed E-state index contributed by atoms with van der Waals surface area (Å²) < 4.78 is 5.81. The Kier molecular flexibility index (Phi) is 5.31. The minimum atomic E-state index is -0.0726. The molecule has 9 heteroatoms. The van der Waals surface area contributed by atoms with Crippen LogP contribution in [0.4, 0.5) is 17.5 Å². The van der Waals surface area contributed by atoms with Gasteiger partial charge in [-0.3, -0.25) is 9.69 Å². The first-order valence-electron chi connectivity index (χ1n) is 9.51. The first-order valence-corrected chi connectivity index (χ1v) is 9.51. The summed E-state index contributed by atoms with van der Waals surface area (Å²) in [7, 11) is 5.25. The maximum Gasteiger partial charge on any atom is 0.322 e. The Morgan fingerprint density at radius 1 is 0.968 bits per heavy atom. The van der Waals surface area contributed by atoms with E-state index in [1.54, 1.807) is 37.3 Å². The Hall–Kier alpha value is -4.27. The van der Waals surface area contributed by atoms with Crippen LogP contribution in [0.5, 0.6) is 0 Å². The Morgan fingerprint density at radius 2 is 1.68 bits per heavy atom. The number of nitrogens with two attached hydrogens (primary N) is 1. The first kappa shape index (κ1) is 20.0. The topological polar surface area (TPSA) is 114 Å². The molecule has 2 N–H and O–H groups in total. The lowest BCUT2D eigenvalue weighted by atomic mass is 10.1. The highest BCUT2D eigenvalue weighted by Crippen LogP contribution is 2.29. The molecule has 0 aliphatic heterocycles. The van der Waals surface area contributed by atoms with Crippen LogP contribution in [0, 0.1) is 0 Å². The molecule has 31 heavy (non-hydrogen) atoms. The molecule has 0 saturated heterocycles. The van der Waals surface area contributed by atoms with E-state index in [1.165, 1.54) is 4.90 Å². The normalized spacial score (nSPS) is 10.7. The average Bonchev–Trinajstić information content (AvgIpc) is 3.29. The van der Waals surface area contributed by atoms with Crippen LogP contribution < -0.4 is 10.6 Å². The van der Waals surface area contributed by atoms with Crippen molar-refractivity contribution in [3.8, 4) is 22.8 Å². The summed E-state index contributed by atoms with van der Waals surface area (Å²) >= 11 is 0. The standard InChI is InChI=1S/C22H21N7O2/c1-28(2)21(30)15-11-9-14(10-12-15)17-13-24-19(23)18(25-17)20-26-27-22(31-20)29(3)16-7-5-4-6-8-16/h4-13H,1-3H3,(H2,23,24). The summed E-state index contributed by atoms with van der Waals surface area (Å²) in [6.45, 7) is 0. The molecule has 2 aromatic carbocycles. The second kappa shape index (κ2) is 8.23. The van der Waals surface area contributed by atoms with Gasteiger partial charge in [-0.05, 0) is 24.3 Å². The molecule has 0 radical (unpaired) electrons. The molecule has 0 fully saturated rings. The average molecular weight is 415 g/mol. The number of carbonyl (C=O) groups excluding carboxylic acids is 1. The summed E-state index contributed by atoms with van der Waals surface area (Å²) in [6, 6.07) is 17.1. The SMILES string of the molecule is CN(C)C(=O)c1ccc(-c2cnc(N)c(-c3nnc(N(C)c4ccccc4)o3)n2)cc1. The van der Waals surface area contributed by atoms with E-state index in [-0.39, 0.29) is 17.6 Å². The van der Waals surface area contributed by atoms with Gasteiger partial charge in [-0.2, -0.15) is 0 Å². The molecule has 1 amide bonds. The van der Waals surface area contributed by atoms with Crippen LogP contribution in [-0.2, 0) is 0 Å². The molecule has 0 aliphatic rings. The Bertz CT molecular complexity index is 1200. The lowest BCUT2D eigenvalue weighted by molar-refractivity contribution is 0.0827. The predicted molar refractivity (Wildman–Crippen MR) is 118 cm³/mol. The van der Waals surface area contributed by atoms with Crippen molar-refractivity contribution in [2.24, 2.45) is 0 Å². The van der Waals surface area contributed by atoms with E-state index in [9.17, 15) is 4.79 Å². The van der Waals surface area contributed by atoms with Gasteiger partial charge >= 0.3 is 6.01 Å². The Balaban J connectivity index is 1.63. The predicted octanol–water partition coefficient (Wildman–Crippen LogP) is 3.25. The molecule has 2 heterocycles. The number of nitrogen functional groups attached to an aromatic ring is 1. The molecule has 0 spiro atoms. The number of nitrogens with zero attached hydrogens (tertiary/aromatic N) is 6. The molecule has 4 rings (SSSR count). The number of hydrogen-bond donors (Lipinski definition) is 1. The zero-order valence-corrected chi connectivity index (χ0v) is 17.4. The summed E-state index contributed by atoms with van der Waals surface area (Å²) in [6.07, 6.45) is 1.56. The molecule has 0 saturated carbocycles. The van der Waals surface area contributed by atoms with E-state index >= 15 is 0 Å². The smallest absolute Gasteiger partial charge is 0.322 e. The van der Waals surface area contributed by atoms with Crippen LogP contribution in [0.2, 0.25) is 0 Å². The summed E-state index contributed by atoms with van der Waals surface area (Å²) in [5.41, 5.74) is 9.17. The van der Waals surface area contributed by atoms with Gasteiger partial charge in [-0.25, -0.2) is 9.97 Å². The molecule has 9 nitrogen and oxygen atoms in total. The van der Waals surface area contributed by atoms with E-state index < -0.39 is 0 Å². The third-order valence-electron chi connectivity index (χ3n) is 4.68. The van der Waals surface area contributed by atoms with Gasteiger partial charge in [0.15, 0.2) is 11.5 Å². The van der Waals surface area contributed by atoms with Crippen LogP contribution in [0.3, 0.4) is 0 Å². The van der Waals surface area contributed by atoms with Crippen molar-refractivity contribution in [3.63, 3.8) is 0 Å². The molecule has 0 aliphatic carbocycles. The fraction of sp³-hybridized carbons (Fsp3) is 0.136. The molecular weight excluding hydrogens is 394 g/mol. The molecule has 156 valence electrons. The highest BCUT2D eigenvalue weighted by Gasteiger charge is 2.18. The largest absolute Gasteiger partial charge is 0.401 e. The Labute approximate surface area is 179 Å². The van der Waals surface area contributed by atoms with Gasteiger partial charge in [0.2, 0.25) is 0 Å². The minimum absolute atomic E-state index is 0.0726. The van der Waals surface area contributed by atoms with Gasteiger partial charge in [-0.1, -0.05) is 35.4 Å². The number of para-hydroxylation sites is 1. The van der Waals surface area contributed by atoms with E-state index in [1.807, 2.05) is 49.5 Å². The van der Waals surface area contributed by atoms with E-state index in [0.717, 1.165) is 11.3 Å². The zero-order chi connectivity index (χ0) is 22.0. The number of rotatable bonds is 5. The fourth-order valence-corrected chi connectivity index (χ4v) is 2.95.